The number of hydrogen-bond donors (Lipinski definition) is 1. The minimum Gasteiger partial charge on any atom is -0.412 e. The lowest BCUT2D eigenvalue weighted by molar-refractivity contribution is 0.590. The Morgan fingerprint density at radius 2 is 1.66 bits per heavy atom. The fourth-order valence-electron chi connectivity index (χ4n) is 4.28. The summed E-state index contributed by atoms with van der Waals surface area (Å²) < 4.78 is 0. The van der Waals surface area contributed by atoms with E-state index in [9.17, 15) is 0 Å². The summed E-state index contributed by atoms with van der Waals surface area (Å²) in [6, 6.07) is 13.8. The molecular weight excluding hydrogens is 382 g/mol. The fourth-order valence-corrected chi connectivity index (χ4v) is 11.8. The molecule has 0 aliphatic heterocycles. The lowest BCUT2D eigenvalue weighted by Crippen LogP contribution is -2.68. The Morgan fingerprint density at radius 3 is 2.24 bits per heavy atom. The van der Waals surface area contributed by atoms with E-state index in [0.717, 1.165) is 12.8 Å². The molecule has 1 nitrogen and oxygen atoms in total. The summed E-state index contributed by atoms with van der Waals surface area (Å²) in [6.45, 7) is 21.9. The van der Waals surface area contributed by atoms with Crippen LogP contribution in [-0.2, 0) is 11.8 Å². The van der Waals surface area contributed by atoms with Gasteiger partial charge in [-0.2, -0.15) is 0 Å². The van der Waals surface area contributed by atoms with E-state index in [1.54, 1.807) is 16.3 Å². The molecule has 2 aromatic rings. The second-order valence-electron chi connectivity index (χ2n) is 10.9. The smallest absolute Gasteiger partial charge is 0.141 e. The number of rotatable bonds is 5. The highest BCUT2D eigenvalue weighted by molar-refractivity contribution is 7.46. The maximum absolute atomic E-state index is 4.08. The van der Waals surface area contributed by atoms with E-state index >= 15 is 0 Å². The predicted octanol–water partition coefficient (Wildman–Crippen LogP) is 6.95. The summed E-state index contributed by atoms with van der Waals surface area (Å²) in [4.78, 5) is 4.08. The van der Waals surface area contributed by atoms with E-state index in [2.05, 4.69) is 108 Å². The summed E-state index contributed by atoms with van der Waals surface area (Å²) in [6.07, 6.45) is 4.78. The number of para-hydroxylation sites is 1. The van der Waals surface area contributed by atoms with Crippen molar-refractivity contribution in [2.24, 2.45) is 0 Å². The van der Waals surface area contributed by atoms with Crippen molar-refractivity contribution in [3.63, 3.8) is 0 Å². The summed E-state index contributed by atoms with van der Waals surface area (Å²) in [5, 5.41) is 1.69. The molecule has 2 aromatic carbocycles. The van der Waals surface area contributed by atoms with Crippen LogP contribution in [0.2, 0.25) is 26.2 Å². The van der Waals surface area contributed by atoms with Gasteiger partial charge in [-0.1, -0.05) is 101 Å². The zero-order valence-corrected chi connectivity index (χ0v) is 22.0. The van der Waals surface area contributed by atoms with Gasteiger partial charge in [0.05, 0.1) is 7.59 Å². The van der Waals surface area contributed by atoms with Crippen LogP contribution in [0.25, 0.3) is 6.08 Å². The highest BCUT2D eigenvalue weighted by atomic mass is 29.3. The Hall–Kier alpha value is -1.59. The van der Waals surface area contributed by atoms with Gasteiger partial charge in [0.1, 0.15) is 7.75 Å². The lowest BCUT2D eigenvalue weighted by Gasteiger charge is -2.42. The van der Waals surface area contributed by atoms with Crippen molar-refractivity contribution in [2.45, 2.75) is 79.1 Å². The normalized spacial score (nSPS) is 14.6. The van der Waals surface area contributed by atoms with Crippen molar-refractivity contribution in [3.05, 3.63) is 64.2 Å². The van der Waals surface area contributed by atoms with E-state index in [-0.39, 0.29) is 5.41 Å². The summed E-state index contributed by atoms with van der Waals surface area (Å²) in [5.74, 6) is 0. The molecule has 3 rings (SSSR count). The second kappa shape index (κ2) is 7.59. The van der Waals surface area contributed by atoms with Crippen LogP contribution in [0.4, 0.5) is 5.69 Å². The van der Waals surface area contributed by atoms with Crippen LogP contribution in [-0.4, -0.2) is 15.3 Å². The molecule has 0 atom stereocenters. The Labute approximate surface area is 180 Å². The van der Waals surface area contributed by atoms with Crippen molar-refractivity contribution in [1.82, 2.24) is 0 Å². The van der Waals surface area contributed by atoms with Gasteiger partial charge in [0.15, 0.2) is 0 Å². The third-order valence-corrected chi connectivity index (χ3v) is 23.6. The monoisotopic (exact) mass is 421 g/mol. The largest absolute Gasteiger partial charge is 0.412 e. The van der Waals surface area contributed by atoms with E-state index in [4.69, 9.17) is 0 Å². The third kappa shape index (κ3) is 4.17. The van der Waals surface area contributed by atoms with Crippen LogP contribution < -0.4 is 10.2 Å². The van der Waals surface area contributed by atoms with Gasteiger partial charge >= 0.3 is 0 Å². The van der Waals surface area contributed by atoms with Crippen molar-refractivity contribution in [3.8, 4) is 0 Å². The molecular formula is C26H39NSi2. The van der Waals surface area contributed by atoms with Gasteiger partial charge in [0, 0.05) is 5.69 Å². The number of hydrogen-bond acceptors (Lipinski definition) is 1. The zero-order valence-electron chi connectivity index (χ0n) is 20.0. The zero-order chi connectivity index (χ0) is 21.6. The van der Waals surface area contributed by atoms with E-state index in [0.29, 0.717) is 0 Å². The second-order valence-corrected chi connectivity index (χ2v) is 25.7. The first-order chi connectivity index (χ1) is 13.4. The van der Waals surface area contributed by atoms with Crippen LogP contribution in [0.1, 0.15) is 56.4 Å². The van der Waals surface area contributed by atoms with Crippen LogP contribution in [0.3, 0.4) is 0 Å². The lowest BCUT2D eigenvalue weighted by atomic mass is 9.85. The summed E-state index contributed by atoms with van der Waals surface area (Å²) >= 11 is 0. The van der Waals surface area contributed by atoms with Crippen molar-refractivity contribution < 1.29 is 0 Å². The Morgan fingerprint density at radius 1 is 1.00 bits per heavy atom. The number of anilines is 1. The Bertz CT molecular complexity index is 946. The molecule has 0 radical (unpaired) electrons. The number of allylic oxidation sites excluding steroid dienone is 1. The van der Waals surface area contributed by atoms with E-state index in [1.807, 2.05) is 0 Å². The average molecular weight is 422 g/mol. The van der Waals surface area contributed by atoms with E-state index < -0.39 is 15.3 Å². The Balaban J connectivity index is 2.11. The van der Waals surface area contributed by atoms with Crippen LogP contribution >= 0.6 is 0 Å². The van der Waals surface area contributed by atoms with Gasteiger partial charge in [0.2, 0.25) is 0 Å². The molecule has 0 amide bonds. The van der Waals surface area contributed by atoms with Gasteiger partial charge in [-0.3, -0.25) is 0 Å². The van der Waals surface area contributed by atoms with Gasteiger partial charge in [-0.05, 0) is 53.5 Å². The molecule has 0 heterocycles. The van der Waals surface area contributed by atoms with Gasteiger partial charge in [0.25, 0.3) is 0 Å². The molecule has 0 saturated heterocycles. The summed E-state index contributed by atoms with van der Waals surface area (Å²) in [5.41, 5.74) is 9.03. The van der Waals surface area contributed by atoms with Crippen LogP contribution in [0, 0.1) is 6.92 Å². The first kappa shape index (κ1) is 22.1. The molecule has 0 bridgehead atoms. The van der Waals surface area contributed by atoms with E-state index in [1.165, 1.54) is 22.4 Å². The SMILES string of the molecule is CCC1=Cc2cc(C(C)(C)C)cc([Si](C)(C)[Si](C)(C)Nc3ccccc3C)c2C1. The standard InChI is InChI=1S/C26H39NSi2/c1-10-20-15-21-17-22(26(3,4)5)18-25(23(21)16-20)28(6,7)29(8,9)27-24-14-12-11-13-19(24)2/h11-15,17-18,27H,10,16H2,1-9H3. The maximum Gasteiger partial charge on any atom is 0.141 e. The number of nitrogens with one attached hydrogen (secondary N) is 1. The first-order valence-electron chi connectivity index (χ1n) is 11.1. The van der Waals surface area contributed by atoms with Crippen molar-refractivity contribution >= 4 is 32.3 Å². The Kier molecular flexibility index (Phi) is 5.78. The molecule has 0 aromatic heterocycles. The van der Waals surface area contributed by atoms with Crippen molar-refractivity contribution in [1.29, 1.82) is 0 Å². The molecule has 29 heavy (non-hydrogen) atoms. The average Bonchev–Trinajstić information content (AvgIpc) is 3.05. The quantitative estimate of drug-likeness (QED) is 0.515. The van der Waals surface area contributed by atoms with Crippen molar-refractivity contribution in [2.75, 3.05) is 4.98 Å². The number of aryl methyl sites for hydroxylation is 1. The molecule has 0 spiro atoms. The molecule has 1 N–H and O–H groups in total. The number of fused-ring (bicyclic) bond motifs is 1. The van der Waals surface area contributed by atoms with Gasteiger partial charge in [-0.15, -0.1) is 0 Å². The highest BCUT2D eigenvalue weighted by Gasteiger charge is 2.45. The topological polar surface area (TPSA) is 12.0 Å². The fraction of sp³-hybridized carbons (Fsp3) is 0.462. The molecule has 156 valence electrons. The van der Waals surface area contributed by atoms with Gasteiger partial charge < -0.3 is 4.98 Å². The molecule has 3 heteroatoms. The van der Waals surface area contributed by atoms with Gasteiger partial charge in [-0.25, -0.2) is 0 Å². The molecule has 1 aliphatic rings. The van der Waals surface area contributed by atoms with Crippen LogP contribution in [0.15, 0.2) is 42.0 Å². The summed E-state index contributed by atoms with van der Waals surface area (Å²) in [7, 11) is -3.46. The minimum atomic E-state index is -1.74. The predicted molar refractivity (Wildman–Crippen MR) is 137 cm³/mol. The van der Waals surface area contributed by atoms with Crippen LogP contribution in [0.5, 0.6) is 0 Å². The molecule has 0 fully saturated rings. The minimum absolute atomic E-state index is 0.173. The molecule has 0 unspecified atom stereocenters. The highest BCUT2D eigenvalue weighted by Crippen LogP contribution is 2.34. The maximum atomic E-state index is 4.08. The number of benzene rings is 2. The first-order valence-corrected chi connectivity index (χ1v) is 18.1. The third-order valence-electron chi connectivity index (χ3n) is 7.20. The molecule has 1 aliphatic carbocycles. The molecule has 0 saturated carbocycles.